The molecule has 1 aromatic heterocycles. The van der Waals surface area contributed by atoms with Gasteiger partial charge in [-0.05, 0) is 18.2 Å². The highest BCUT2D eigenvalue weighted by atomic mass is 35.5. The van der Waals surface area contributed by atoms with Gasteiger partial charge in [-0.15, -0.1) is 11.8 Å². The summed E-state index contributed by atoms with van der Waals surface area (Å²) in [5, 5.41) is 1.48. The second kappa shape index (κ2) is 5.98. The van der Waals surface area contributed by atoms with Gasteiger partial charge in [0.25, 0.3) is 0 Å². The maximum atomic E-state index is 6.05. The number of hydrogen-bond donors (Lipinski definition) is 1. The fourth-order valence-corrected chi connectivity index (χ4v) is 2.66. The molecule has 0 saturated heterocycles. The molecule has 0 unspecified atom stereocenters. The topological polar surface area (TPSA) is 48.1 Å². The van der Waals surface area contributed by atoms with Gasteiger partial charge < -0.3 is 10.5 Å². The van der Waals surface area contributed by atoms with Gasteiger partial charge in [-0.3, -0.25) is 0 Å². The van der Waals surface area contributed by atoms with Crippen molar-refractivity contribution in [3.8, 4) is 5.75 Å². The van der Waals surface area contributed by atoms with Crippen LogP contribution >= 0.6 is 23.4 Å². The van der Waals surface area contributed by atoms with Crippen LogP contribution in [-0.2, 0) is 5.75 Å². The van der Waals surface area contributed by atoms with Gasteiger partial charge in [0.05, 0.1) is 12.1 Å². The highest BCUT2D eigenvalue weighted by molar-refractivity contribution is 7.98. The highest BCUT2D eigenvalue weighted by Crippen LogP contribution is 2.31. The second-order valence-electron chi connectivity index (χ2n) is 3.65. The molecule has 0 amide bonds. The Morgan fingerprint density at radius 3 is 2.94 bits per heavy atom. The number of halogens is 1. The predicted molar refractivity (Wildman–Crippen MR) is 76.2 cm³/mol. The number of anilines is 1. The van der Waals surface area contributed by atoms with E-state index in [-0.39, 0.29) is 0 Å². The van der Waals surface area contributed by atoms with Gasteiger partial charge in [-0.25, -0.2) is 4.98 Å². The number of nitrogens with zero attached hydrogens (tertiary/aromatic N) is 1. The number of pyridine rings is 1. The third kappa shape index (κ3) is 3.09. The minimum atomic E-state index is 0.664. The Kier molecular flexibility index (Phi) is 4.33. The van der Waals surface area contributed by atoms with Crippen molar-refractivity contribution in [2.45, 2.75) is 10.8 Å². The van der Waals surface area contributed by atoms with Crippen molar-refractivity contribution in [1.82, 2.24) is 4.98 Å². The number of nitrogens with two attached hydrogens (primary N) is 1. The summed E-state index contributed by atoms with van der Waals surface area (Å²) in [5.41, 5.74) is 7.47. The zero-order valence-electron chi connectivity index (χ0n) is 9.89. The fraction of sp³-hybridized carbons (Fsp3) is 0.154. The lowest BCUT2D eigenvalue weighted by atomic mass is 10.2. The molecule has 0 saturated carbocycles. The highest BCUT2D eigenvalue weighted by Gasteiger charge is 2.06. The van der Waals surface area contributed by atoms with Gasteiger partial charge in [-0.2, -0.15) is 0 Å². The molecule has 3 nitrogen and oxygen atoms in total. The maximum Gasteiger partial charge on any atom is 0.124 e. The molecule has 0 spiro atoms. The van der Waals surface area contributed by atoms with Crippen molar-refractivity contribution in [3.05, 3.63) is 47.1 Å². The van der Waals surface area contributed by atoms with E-state index >= 15 is 0 Å². The zero-order valence-corrected chi connectivity index (χ0v) is 11.5. The van der Waals surface area contributed by atoms with Crippen LogP contribution in [0.2, 0.25) is 5.02 Å². The molecule has 0 aliphatic carbocycles. The first kappa shape index (κ1) is 13.1. The average molecular weight is 281 g/mol. The Balaban J connectivity index is 2.13. The summed E-state index contributed by atoms with van der Waals surface area (Å²) in [6.07, 6.45) is 1.73. The van der Waals surface area contributed by atoms with E-state index in [2.05, 4.69) is 4.98 Å². The normalized spacial score (nSPS) is 10.3. The third-order valence-corrected chi connectivity index (χ3v) is 3.87. The summed E-state index contributed by atoms with van der Waals surface area (Å²) in [4.78, 5) is 4.23. The Labute approximate surface area is 115 Å². The van der Waals surface area contributed by atoms with Crippen LogP contribution in [0.25, 0.3) is 0 Å². The molecule has 0 aliphatic heterocycles. The summed E-state index contributed by atoms with van der Waals surface area (Å²) in [6.45, 7) is 0. The number of aromatic nitrogens is 1. The molecule has 0 radical (unpaired) electrons. The first-order valence-electron chi connectivity index (χ1n) is 5.36. The van der Waals surface area contributed by atoms with Crippen LogP contribution in [0.4, 0.5) is 5.69 Å². The molecule has 5 heteroatoms. The van der Waals surface area contributed by atoms with E-state index in [0.29, 0.717) is 10.7 Å². The smallest absolute Gasteiger partial charge is 0.124 e. The summed E-state index contributed by atoms with van der Waals surface area (Å²) in [7, 11) is 1.64. The number of thioether (sulfide) groups is 1. The fourth-order valence-electron chi connectivity index (χ4n) is 1.50. The quantitative estimate of drug-likeness (QED) is 0.686. The van der Waals surface area contributed by atoms with Crippen molar-refractivity contribution < 1.29 is 4.74 Å². The van der Waals surface area contributed by atoms with Crippen LogP contribution in [0.1, 0.15) is 5.56 Å². The van der Waals surface area contributed by atoms with E-state index in [1.807, 2.05) is 30.3 Å². The Morgan fingerprint density at radius 1 is 1.39 bits per heavy atom. The van der Waals surface area contributed by atoms with Gasteiger partial charge in [0.2, 0.25) is 0 Å². The number of methoxy groups -OCH3 is 1. The number of ether oxygens (including phenoxy) is 1. The molecule has 1 heterocycles. The van der Waals surface area contributed by atoms with Crippen LogP contribution in [0, 0.1) is 0 Å². The summed E-state index contributed by atoms with van der Waals surface area (Å²) in [6, 6.07) is 9.28. The predicted octanol–water partition coefficient (Wildman–Crippen LogP) is 3.62. The SMILES string of the molecule is COc1cc(N)ccc1CSc1ncccc1Cl. The van der Waals surface area contributed by atoms with Gasteiger partial charge >= 0.3 is 0 Å². The summed E-state index contributed by atoms with van der Waals surface area (Å²) >= 11 is 7.63. The van der Waals surface area contributed by atoms with E-state index in [1.165, 1.54) is 0 Å². The van der Waals surface area contributed by atoms with Gasteiger partial charge in [0.1, 0.15) is 10.8 Å². The molecule has 2 rings (SSSR count). The molecule has 2 N–H and O–H groups in total. The Hall–Kier alpha value is -1.39. The maximum absolute atomic E-state index is 6.05. The Bertz CT molecular complexity index is 548. The van der Waals surface area contributed by atoms with Crippen molar-refractivity contribution >= 4 is 29.1 Å². The van der Waals surface area contributed by atoms with Crippen LogP contribution < -0.4 is 10.5 Å². The summed E-state index contributed by atoms with van der Waals surface area (Å²) < 4.78 is 5.30. The third-order valence-electron chi connectivity index (χ3n) is 2.40. The molecule has 0 aliphatic rings. The van der Waals surface area contributed by atoms with Crippen molar-refractivity contribution in [1.29, 1.82) is 0 Å². The van der Waals surface area contributed by atoms with Crippen LogP contribution in [0.5, 0.6) is 5.75 Å². The van der Waals surface area contributed by atoms with Gasteiger partial charge in [0.15, 0.2) is 0 Å². The molecule has 0 atom stereocenters. The van der Waals surface area contributed by atoms with Crippen LogP contribution in [-0.4, -0.2) is 12.1 Å². The van der Waals surface area contributed by atoms with E-state index in [1.54, 1.807) is 25.1 Å². The lowest BCUT2D eigenvalue weighted by molar-refractivity contribution is 0.411. The van der Waals surface area contributed by atoms with E-state index in [4.69, 9.17) is 22.1 Å². The first-order chi connectivity index (χ1) is 8.70. The first-order valence-corrected chi connectivity index (χ1v) is 6.73. The standard InChI is InChI=1S/C13H13ClN2OS/c1-17-12-7-10(15)5-4-9(12)8-18-13-11(14)3-2-6-16-13/h2-7H,8,15H2,1H3. The molecule has 0 fully saturated rings. The van der Waals surface area contributed by atoms with Gasteiger partial charge in [0, 0.05) is 29.3 Å². The van der Waals surface area contributed by atoms with Crippen molar-refractivity contribution in [3.63, 3.8) is 0 Å². The van der Waals surface area contributed by atoms with E-state index in [0.717, 1.165) is 22.1 Å². The minimum absolute atomic E-state index is 0.664. The second-order valence-corrected chi connectivity index (χ2v) is 5.02. The monoisotopic (exact) mass is 280 g/mol. The van der Waals surface area contributed by atoms with E-state index in [9.17, 15) is 0 Å². The molecule has 18 heavy (non-hydrogen) atoms. The van der Waals surface area contributed by atoms with Crippen molar-refractivity contribution in [2.24, 2.45) is 0 Å². The number of benzene rings is 1. The molecule has 0 bridgehead atoms. The van der Waals surface area contributed by atoms with Gasteiger partial charge in [-0.1, -0.05) is 17.7 Å². The molecule has 1 aromatic carbocycles. The van der Waals surface area contributed by atoms with Crippen LogP contribution in [0.15, 0.2) is 41.6 Å². The van der Waals surface area contributed by atoms with E-state index < -0.39 is 0 Å². The lowest BCUT2D eigenvalue weighted by Gasteiger charge is -2.09. The molecular formula is C13H13ClN2OS. The summed E-state index contributed by atoms with van der Waals surface area (Å²) in [5.74, 6) is 1.52. The van der Waals surface area contributed by atoms with Crippen molar-refractivity contribution in [2.75, 3.05) is 12.8 Å². The number of nitrogen functional groups attached to an aromatic ring is 1. The largest absolute Gasteiger partial charge is 0.496 e. The van der Waals surface area contributed by atoms with Crippen LogP contribution in [0.3, 0.4) is 0 Å². The molecule has 94 valence electrons. The Morgan fingerprint density at radius 2 is 2.22 bits per heavy atom. The number of rotatable bonds is 4. The average Bonchev–Trinajstić information content (AvgIpc) is 2.39. The number of hydrogen-bond acceptors (Lipinski definition) is 4. The zero-order chi connectivity index (χ0) is 13.0. The molecular weight excluding hydrogens is 268 g/mol. The molecule has 2 aromatic rings. The minimum Gasteiger partial charge on any atom is -0.496 e. The lowest BCUT2D eigenvalue weighted by Crippen LogP contribution is -1.93.